The Morgan fingerprint density at radius 1 is 1.17 bits per heavy atom. The number of halogens is 1. The van der Waals surface area contributed by atoms with E-state index in [1.54, 1.807) is 18.2 Å². The fraction of sp³-hybridized carbons (Fsp3) is 0.222. The maximum Gasteiger partial charge on any atom is 0.256 e. The number of nitrogens with zero attached hydrogens (tertiary/aromatic N) is 1. The van der Waals surface area contributed by atoms with Gasteiger partial charge in [0, 0.05) is 5.69 Å². The molecule has 2 amide bonds. The van der Waals surface area contributed by atoms with Crippen LogP contribution < -0.4 is 10.2 Å². The summed E-state index contributed by atoms with van der Waals surface area (Å²) in [6, 6.07) is 12.6. The standard InChI is InChI=1S/C18H17FN2O2/c1-2-12-6-3-4-9-16(12)21-17(22)11-15(18(21)23)20-14-8-5-7-13(19)10-14/h3-10,15,20H,2,11H2,1H3/t15-/m1/s1. The van der Waals surface area contributed by atoms with Crippen LogP contribution in [0.25, 0.3) is 0 Å². The summed E-state index contributed by atoms with van der Waals surface area (Å²) in [6.07, 6.45) is 0.794. The van der Waals surface area contributed by atoms with Crippen LogP contribution in [0.2, 0.25) is 0 Å². The van der Waals surface area contributed by atoms with Crippen molar-refractivity contribution in [3.8, 4) is 0 Å². The van der Waals surface area contributed by atoms with E-state index in [0.29, 0.717) is 11.4 Å². The van der Waals surface area contributed by atoms with Crippen molar-refractivity contribution in [1.82, 2.24) is 0 Å². The number of benzene rings is 2. The lowest BCUT2D eigenvalue weighted by Crippen LogP contribution is -2.35. The molecule has 23 heavy (non-hydrogen) atoms. The van der Waals surface area contributed by atoms with Crippen LogP contribution >= 0.6 is 0 Å². The van der Waals surface area contributed by atoms with Crippen molar-refractivity contribution in [3.05, 3.63) is 59.9 Å². The molecule has 1 heterocycles. The number of hydrogen-bond donors (Lipinski definition) is 1. The zero-order valence-corrected chi connectivity index (χ0v) is 12.8. The van der Waals surface area contributed by atoms with Gasteiger partial charge in [-0.3, -0.25) is 9.59 Å². The Labute approximate surface area is 133 Å². The Kier molecular flexibility index (Phi) is 4.10. The van der Waals surface area contributed by atoms with E-state index < -0.39 is 6.04 Å². The minimum Gasteiger partial charge on any atom is -0.373 e. The largest absolute Gasteiger partial charge is 0.373 e. The molecule has 1 atom stereocenters. The summed E-state index contributed by atoms with van der Waals surface area (Å²) in [6.45, 7) is 1.98. The molecule has 0 bridgehead atoms. The van der Waals surface area contributed by atoms with Gasteiger partial charge in [-0.05, 0) is 36.2 Å². The highest BCUT2D eigenvalue weighted by Crippen LogP contribution is 2.28. The Bertz CT molecular complexity index is 760. The smallest absolute Gasteiger partial charge is 0.256 e. The highest BCUT2D eigenvalue weighted by molar-refractivity contribution is 6.23. The van der Waals surface area contributed by atoms with Gasteiger partial charge in [0.1, 0.15) is 11.9 Å². The summed E-state index contributed by atoms with van der Waals surface area (Å²) in [5, 5.41) is 2.95. The van der Waals surface area contributed by atoms with Gasteiger partial charge in [-0.2, -0.15) is 0 Å². The maximum absolute atomic E-state index is 13.3. The van der Waals surface area contributed by atoms with Gasteiger partial charge in [-0.25, -0.2) is 9.29 Å². The van der Waals surface area contributed by atoms with Crippen molar-refractivity contribution in [2.75, 3.05) is 10.2 Å². The molecule has 2 aromatic rings. The third-order valence-electron chi connectivity index (χ3n) is 3.93. The minimum atomic E-state index is -0.672. The average Bonchev–Trinajstić information content (AvgIpc) is 2.81. The highest BCUT2D eigenvalue weighted by Gasteiger charge is 2.40. The molecule has 2 aromatic carbocycles. The molecule has 0 radical (unpaired) electrons. The van der Waals surface area contributed by atoms with Crippen LogP contribution in [0, 0.1) is 5.82 Å². The Hall–Kier alpha value is -2.69. The molecule has 0 unspecified atom stereocenters. The summed E-state index contributed by atoms with van der Waals surface area (Å²) >= 11 is 0. The maximum atomic E-state index is 13.3. The van der Waals surface area contributed by atoms with Crippen molar-refractivity contribution in [3.63, 3.8) is 0 Å². The van der Waals surface area contributed by atoms with E-state index in [0.717, 1.165) is 12.0 Å². The summed E-state index contributed by atoms with van der Waals surface area (Å²) in [4.78, 5) is 26.2. The van der Waals surface area contributed by atoms with Crippen molar-refractivity contribution in [1.29, 1.82) is 0 Å². The Balaban J connectivity index is 1.85. The first-order valence-corrected chi connectivity index (χ1v) is 7.57. The number of rotatable bonds is 4. The predicted octanol–water partition coefficient (Wildman–Crippen LogP) is 3.13. The van der Waals surface area contributed by atoms with Crippen molar-refractivity contribution in [2.45, 2.75) is 25.8 Å². The van der Waals surface area contributed by atoms with Gasteiger partial charge in [0.05, 0.1) is 12.1 Å². The van der Waals surface area contributed by atoms with Gasteiger partial charge < -0.3 is 5.32 Å². The molecule has 0 saturated carbocycles. The highest BCUT2D eigenvalue weighted by atomic mass is 19.1. The number of imide groups is 1. The second-order valence-electron chi connectivity index (χ2n) is 5.46. The number of aryl methyl sites for hydroxylation is 1. The first-order valence-electron chi connectivity index (χ1n) is 7.57. The molecule has 1 saturated heterocycles. The first-order chi connectivity index (χ1) is 11.1. The van der Waals surface area contributed by atoms with Gasteiger partial charge >= 0.3 is 0 Å². The average molecular weight is 312 g/mol. The van der Waals surface area contributed by atoms with Gasteiger partial charge in [0.25, 0.3) is 5.91 Å². The van der Waals surface area contributed by atoms with Crippen LogP contribution in [0.4, 0.5) is 15.8 Å². The van der Waals surface area contributed by atoms with E-state index >= 15 is 0 Å². The van der Waals surface area contributed by atoms with Crippen LogP contribution in [-0.2, 0) is 16.0 Å². The van der Waals surface area contributed by atoms with E-state index in [9.17, 15) is 14.0 Å². The Morgan fingerprint density at radius 2 is 1.96 bits per heavy atom. The summed E-state index contributed by atoms with van der Waals surface area (Å²) < 4.78 is 13.3. The number of para-hydroxylation sites is 1. The number of amides is 2. The van der Waals surface area contributed by atoms with Gasteiger partial charge in [0.15, 0.2) is 0 Å². The third-order valence-corrected chi connectivity index (χ3v) is 3.93. The molecular weight excluding hydrogens is 295 g/mol. The van der Waals surface area contributed by atoms with E-state index in [-0.39, 0.29) is 24.1 Å². The number of carbonyl (C=O) groups excluding carboxylic acids is 2. The van der Waals surface area contributed by atoms with E-state index in [1.165, 1.54) is 17.0 Å². The van der Waals surface area contributed by atoms with Crippen molar-refractivity contribution in [2.24, 2.45) is 0 Å². The van der Waals surface area contributed by atoms with E-state index in [2.05, 4.69) is 5.32 Å². The number of carbonyl (C=O) groups is 2. The van der Waals surface area contributed by atoms with Crippen LogP contribution in [0.3, 0.4) is 0 Å². The molecule has 1 aliphatic heterocycles. The van der Waals surface area contributed by atoms with E-state index in [1.807, 2.05) is 25.1 Å². The molecule has 0 spiro atoms. The fourth-order valence-electron chi connectivity index (χ4n) is 2.81. The first kappa shape index (κ1) is 15.2. The topological polar surface area (TPSA) is 49.4 Å². The monoisotopic (exact) mass is 312 g/mol. The Morgan fingerprint density at radius 3 is 2.70 bits per heavy atom. The second kappa shape index (κ2) is 6.20. The molecule has 0 aliphatic carbocycles. The van der Waals surface area contributed by atoms with Crippen LogP contribution in [0.5, 0.6) is 0 Å². The molecular formula is C18H17FN2O2. The van der Waals surface area contributed by atoms with Crippen molar-refractivity contribution >= 4 is 23.2 Å². The molecule has 1 N–H and O–H groups in total. The quantitative estimate of drug-likeness (QED) is 0.882. The molecule has 5 heteroatoms. The zero-order valence-electron chi connectivity index (χ0n) is 12.8. The van der Waals surface area contributed by atoms with Gasteiger partial charge in [-0.1, -0.05) is 31.2 Å². The molecule has 1 aliphatic rings. The predicted molar refractivity (Wildman–Crippen MR) is 86.7 cm³/mol. The van der Waals surface area contributed by atoms with Gasteiger partial charge in [0.2, 0.25) is 5.91 Å². The number of hydrogen-bond acceptors (Lipinski definition) is 3. The molecule has 4 nitrogen and oxygen atoms in total. The van der Waals surface area contributed by atoms with Crippen LogP contribution in [0.15, 0.2) is 48.5 Å². The summed E-state index contributed by atoms with van der Waals surface area (Å²) in [5.74, 6) is -0.940. The number of anilines is 2. The van der Waals surface area contributed by atoms with Crippen LogP contribution in [0.1, 0.15) is 18.9 Å². The molecule has 3 rings (SSSR count). The normalized spacial score (nSPS) is 17.7. The molecule has 0 aromatic heterocycles. The summed E-state index contributed by atoms with van der Waals surface area (Å²) in [7, 11) is 0. The summed E-state index contributed by atoms with van der Waals surface area (Å²) in [5.41, 5.74) is 2.07. The molecule has 1 fully saturated rings. The zero-order chi connectivity index (χ0) is 16.4. The van der Waals surface area contributed by atoms with Gasteiger partial charge in [-0.15, -0.1) is 0 Å². The van der Waals surface area contributed by atoms with Crippen LogP contribution in [-0.4, -0.2) is 17.9 Å². The van der Waals surface area contributed by atoms with Crippen molar-refractivity contribution < 1.29 is 14.0 Å². The van der Waals surface area contributed by atoms with E-state index in [4.69, 9.17) is 0 Å². The SMILES string of the molecule is CCc1ccccc1N1C(=O)C[C@@H](Nc2cccc(F)c2)C1=O. The molecule has 118 valence electrons. The lowest BCUT2D eigenvalue weighted by molar-refractivity contribution is -0.121. The second-order valence-corrected chi connectivity index (χ2v) is 5.46. The lowest BCUT2D eigenvalue weighted by atomic mass is 10.1. The lowest BCUT2D eigenvalue weighted by Gasteiger charge is -2.18. The minimum absolute atomic E-state index is 0.0629. The fourth-order valence-corrected chi connectivity index (χ4v) is 2.81. The number of nitrogens with one attached hydrogen (secondary N) is 1. The third kappa shape index (κ3) is 2.95.